The van der Waals surface area contributed by atoms with Crippen molar-refractivity contribution in [3.05, 3.63) is 72.4 Å². The molecule has 1 saturated heterocycles. The fourth-order valence-electron chi connectivity index (χ4n) is 3.66. The summed E-state index contributed by atoms with van der Waals surface area (Å²) >= 11 is -0.190. The second-order valence-electron chi connectivity index (χ2n) is 7.69. The zero-order valence-electron chi connectivity index (χ0n) is 18.2. The third kappa shape index (κ3) is 6.65. The molecule has 0 radical (unpaired) electrons. The van der Waals surface area contributed by atoms with Crippen LogP contribution in [0.2, 0.25) is 0 Å². The number of alkyl halides is 3. The van der Waals surface area contributed by atoms with Gasteiger partial charge >= 0.3 is 5.51 Å². The zero-order chi connectivity index (χ0) is 25.0. The van der Waals surface area contributed by atoms with Crippen molar-refractivity contribution in [3.8, 4) is 11.3 Å². The van der Waals surface area contributed by atoms with Crippen molar-refractivity contribution < 1.29 is 26.6 Å². The van der Waals surface area contributed by atoms with Gasteiger partial charge in [-0.3, -0.25) is 4.79 Å². The van der Waals surface area contributed by atoms with E-state index >= 15 is 0 Å². The molecule has 1 fully saturated rings. The monoisotopic (exact) mass is 524 g/mol. The lowest BCUT2D eigenvalue weighted by molar-refractivity contribution is -0.124. The van der Waals surface area contributed by atoms with Crippen LogP contribution < -0.4 is 5.32 Å². The largest absolute Gasteiger partial charge is 0.446 e. The summed E-state index contributed by atoms with van der Waals surface area (Å²) in [6.07, 6.45) is 2.56. The second-order valence-corrected chi connectivity index (χ2v) is 10.3. The minimum atomic E-state index is -4.36. The lowest BCUT2D eigenvalue weighted by atomic mass is 10.1. The van der Waals surface area contributed by atoms with Crippen LogP contribution in [0.5, 0.6) is 0 Å². The van der Waals surface area contributed by atoms with Gasteiger partial charge in [-0.2, -0.15) is 13.2 Å². The fourth-order valence-corrected chi connectivity index (χ4v) is 5.57. The Morgan fingerprint density at radius 2 is 1.83 bits per heavy atom. The maximum atomic E-state index is 13.2. The number of thioether (sulfide) groups is 1. The summed E-state index contributed by atoms with van der Waals surface area (Å²) in [5.74, 6) is -0.728. The third-order valence-electron chi connectivity index (χ3n) is 5.29. The van der Waals surface area contributed by atoms with Gasteiger partial charge in [0.25, 0.3) is 0 Å². The molecule has 0 aliphatic carbocycles. The molecule has 0 bridgehead atoms. The lowest BCUT2D eigenvalue weighted by Crippen LogP contribution is -2.43. The Labute approximate surface area is 205 Å². The molecule has 1 aliphatic heterocycles. The number of nitrogens with one attached hydrogen (secondary N) is 1. The van der Waals surface area contributed by atoms with Crippen LogP contribution in [0.25, 0.3) is 11.3 Å². The average Bonchev–Trinajstić information content (AvgIpc) is 3.32. The highest BCUT2D eigenvalue weighted by Gasteiger charge is 2.35. The van der Waals surface area contributed by atoms with Crippen LogP contribution in [0.3, 0.4) is 0 Å². The number of carbonyl (C=O) groups excluding carboxylic acids is 1. The first-order valence-electron chi connectivity index (χ1n) is 10.6. The number of carbonyl (C=O) groups is 1. The first-order chi connectivity index (χ1) is 16.7. The molecule has 1 aliphatic rings. The first kappa shape index (κ1) is 25.3. The number of aromatic nitrogens is 2. The van der Waals surface area contributed by atoms with Gasteiger partial charge in [-0.25, -0.2) is 22.9 Å². The van der Waals surface area contributed by atoms with Crippen LogP contribution >= 0.6 is 11.8 Å². The summed E-state index contributed by atoms with van der Waals surface area (Å²) in [7, 11) is -1.59. The molecular formula is C23H20F4N4O2S2. The average molecular weight is 525 g/mol. The van der Waals surface area contributed by atoms with E-state index in [-0.39, 0.29) is 29.1 Å². The van der Waals surface area contributed by atoms with Crippen molar-refractivity contribution in [2.45, 2.75) is 40.7 Å². The van der Waals surface area contributed by atoms with Crippen LogP contribution in [0, 0.1) is 5.82 Å². The third-order valence-corrected chi connectivity index (χ3v) is 7.56. The number of rotatable bonds is 7. The molecule has 2 aromatic carbocycles. The maximum Gasteiger partial charge on any atom is 0.446 e. The predicted octanol–water partition coefficient (Wildman–Crippen LogP) is 4.70. The van der Waals surface area contributed by atoms with E-state index in [4.69, 9.17) is 0 Å². The van der Waals surface area contributed by atoms with E-state index in [1.54, 1.807) is 22.5 Å². The second kappa shape index (κ2) is 10.8. The molecule has 1 amide bonds. The van der Waals surface area contributed by atoms with Crippen LogP contribution in [0.4, 0.5) is 17.6 Å². The molecule has 12 heteroatoms. The summed E-state index contributed by atoms with van der Waals surface area (Å²) < 4.78 is 65.2. The van der Waals surface area contributed by atoms with Gasteiger partial charge in [0, 0.05) is 17.0 Å². The van der Waals surface area contributed by atoms with Gasteiger partial charge in [0.2, 0.25) is 5.91 Å². The number of nitrogens with zero attached hydrogens (tertiary/aromatic N) is 3. The molecule has 0 saturated carbocycles. The molecule has 35 heavy (non-hydrogen) atoms. The van der Waals surface area contributed by atoms with Gasteiger partial charge in [-0.05, 0) is 67.1 Å². The van der Waals surface area contributed by atoms with Crippen molar-refractivity contribution in [1.29, 1.82) is 0 Å². The molecule has 0 spiro atoms. The van der Waals surface area contributed by atoms with E-state index in [9.17, 15) is 26.6 Å². The van der Waals surface area contributed by atoms with E-state index in [0.717, 1.165) is 0 Å². The smallest absolute Gasteiger partial charge is 0.349 e. The normalized spacial score (nSPS) is 17.3. The molecule has 2 unspecified atom stereocenters. The highest BCUT2D eigenvalue weighted by molar-refractivity contribution is 8.00. The maximum absolute atomic E-state index is 13.2. The van der Waals surface area contributed by atoms with Gasteiger partial charge in [0.1, 0.15) is 29.2 Å². The van der Waals surface area contributed by atoms with E-state index in [1.807, 2.05) is 0 Å². The molecule has 3 aromatic rings. The van der Waals surface area contributed by atoms with Crippen LogP contribution in [0.15, 0.2) is 70.7 Å². The Bertz CT molecular complexity index is 1210. The fraction of sp³-hybridized carbons (Fsp3) is 0.261. The SMILES string of the molecule is O=C(NCc1cc(-c2ccc(SC(F)(F)F)cc2)ncn1)C1CCCN1S(=O)c1ccc(F)cc1. The molecule has 1 N–H and O–H groups in total. The van der Waals surface area contributed by atoms with Crippen LogP contribution in [-0.4, -0.2) is 42.5 Å². The quantitative estimate of drug-likeness (QED) is 0.358. The molecule has 4 rings (SSSR count). The standard InChI is InChI=1S/C23H20F4N4O2S2/c24-16-5-9-19(10-6-16)35(33)31-11-1-2-21(31)22(32)28-13-17-12-20(30-14-29-17)15-3-7-18(8-4-15)34-23(25,26)27/h3-10,12,14,21H,1-2,11,13H2,(H,28,32). The Kier molecular flexibility index (Phi) is 7.82. The van der Waals surface area contributed by atoms with Crippen LogP contribution in [-0.2, 0) is 22.3 Å². The highest BCUT2D eigenvalue weighted by Crippen LogP contribution is 2.37. The van der Waals surface area contributed by atoms with Gasteiger partial charge in [-0.15, -0.1) is 0 Å². The van der Waals surface area contributed by atoms with E-state index < -0.39 is 28.4 Å². The van der Waals surface area contributed by atoms with Crippen LogP contribution in [0.1, 0.15) is 18.5 Å². The number of amides is 1. The van der Waals surface area contributed by atoms with Gasteiger partial charge in [-0.1, -0.05) is 12.1 Å². The minimum Gasteiger partial charge on any atom is -0.349 e. The number of benzene rings is 2. The molecular weight excluding hydrogens is 504 g/mol. The summed E-state index contributed by atoms with van der Waals surface area (Å²) in [6, 6.07) is 12.2. The number of hydrogen-bond acceptors (Lipinski definition) is 5. The molecule has 2 heterocycles. The summed E-state index contributed by atoms with van der Waals surface area (Å²) in [5.41, 5.74) is -2.72. The Morgan fingerprint density at radius 1 is 1.11 bits per heavy atom. The Hall–Kier alpha value is -2.83. The van der Waals surface area contributed by atoms with Gasteiger partial charge in [0.05, 0.1) is 22.8 Å². The van der Waals surface area contributed by atoms with Crippen molar-refractivity contribution in [3.63, 3.8) is 0 Å². The van der Waals surface area contributed by atoms with E-state index in [2.05, 4.69) is 15.3 Å². The number of hydrogen-bond donors (Lipinski definition) is 1. The van der Waals surface area contributed by atoms with Crippen molar-refractivity contribution in [2.75, 3.05) is 6.54 Å². The van der Waals surface area contributed by atoms with E-state index in [0.29, 0.717) is 41.2 Å². The lowest BCUT2D eigenvalue weighted by Gasteiger charge is -2.22. The minimum absolute atomic E-state index is 0.0712. The van der Waals surface area contributed by atoms with Crippen molar-refractivity contribution in [1.82, 2.24) is 19.6 Å². The number of halogens is 4. The van der Waals surface area contributed by atoms with Gasteiger partial charge < -0.3 is 5.32 Å². The Balaban J connectivity index is 1.39. The summed E-state index contributed by atoms with van der Waals surface area (Å²) in [4.78, 5) is 21.7. The molecule has 184 valence electrons. The van der Waals surface area contributed by atoms with Gasteiger partial charge in [0.15, 0.2) is 0 Å². The highest BCUT2D eigenvalue weighted by atomic mass is 32.2. The van der Waals surface area contributed by atoms with E-state index in [1.165, 1.54) is 42.7 Å². The zero-order valence-corrected chi connectivity index (χ0v) is 19.8. The first-order valence-corrected chi connectivity index (χ1v) is 12.5. The molecule has 1 aromatic heterocycles. The summed E-state index contributed by atoms with van der Waals surface area (Å²) in [5, 5.41) is 2.81. The Morgan fingerprint density at radius 3 is 2.51 bits per heavy atom. The topological polar surface area (TPSA) is 75.2 Å². The predicted molar refractivity (Wildman–Crippen MR) is 124 cm³/mol. The van der Waals surface area contributed by atoms with Crippen molar-refractivity contribution in [2.24, 2.45) is 0 Å². The molecule has 2 atom stereocenters. The summed E-state index contributed by atoms with van der Waals surface area (Å²) in [6.45, 7) is 0.576. The molecule has 6 nitrogen and oxygen atoms in total. The van der Waals surface area contributed by atoms with Crippen molar-refractivity contribution >= 4 is 28.7 Å².